The molecule has 0 aromatic carbocycles. The van der Waals surface area contributed by atoms with E-state index in [9.17, 15) is 45.6 Å². The van der Waals surface area contributed by atoms with Crippen molar-refractivity contribution in [2.24, 2.45) is 0 Å². The predicted molar refractivity (Wildman–Crippen MR) is 300 cm³/mol. The molecule has 2 aliphatic heterocycles. The SMILES string of the molecule is CCCCCCCC/C=C/CC/C=C/C(O)C(COC1OC(CO)C(OC2OC(CO)C(O)C(O)C2O)C(O)C1O)NC(=O)CCCCCCCCCCCCCCCCCCC/C=C\CCCCCCCCCC. The zero-order chi connectivity index (χ0) is 54.6. The summed E-state index contributed by atoms with van der Waals surface area (Å²) in [5.74, 6) is -0.247. The van der Waals surface area contributed by atoms with Crippen LogP contribution in [0.4, 0.5) is 0 Å². The number of carbonyl (C=O) groups is 1. The summed E-state index contributed by atoms with van der Waals surface area (Å²) in [5.41, 5.74) is 0. The first-order valence-electron chi connectivity index (χ1n) is 30.7. The lowest BCUT2D eigenvalue weighted by atomic mass is 9.97. The molecule has 12 unspecified atom stereocenters. The van der Waals surface area contributed by atoms with Crippen molar-refractivity contribution in [2.75, 3.05) is 19.8 Å². The van der Waals surface area contributed by atoms with Crippen LogP contribution in [0.2, 0.25) is 0 Å². The van der Waals surface area contributed by atoms with E-state index in [2.05, 4.69) is 43.5 Å². The largest absolute Gasteiger partial charge is 0.394 e. The van der Waals surface area contributed by atoms with Crippen LogP contribution in [-0.4, -0.2) is 140 Å². The number of unbranched alkanes of at least 4 members (excludes halogenated alkanes) is 32. The van der Waals surface area contributed by atoms with Crippen molar-refractivity contribution in [3.8, 4) is 0 Å². The third-order valence-electron chi connectivity index (χ3n) is 15.0. The number of aliphatic hydroxyl groups excluding tert-OH is 8. The van der Waals surface area contributed by atoms with Crippen LogP contribution in [0, 0.1) is 0 Å². The number of allylic oxidation sites excluding steroid dienone is 5. The second-order valence-electron chi connectivity index (χ2n) is 21.8. The van der Waals surface area contributed by atoms with Crippen LogP contribution >= 0.6 is 0 Å². The van der Waals surface area contributed by atoms with Crippen molar-refractivity contribution >= 4 is 5.91 Å². The van der Waals surface area contributed by atoms with E-state index in [0.717, 1.165) is 32.1 Å². The van der Waals surface area contributed by atoms with Gasteiger partial charge in [0.1, 0.15) is 48.8 Å². The number of carbonyl (C=O) groups excluding carboxylic acids is 1. The van der Waals surface area contributed by atoms with Crippen LogP contribution in [0.25, 0.3) is 0 Å². The molecule has 75 heavy (non-hydrogen) atoms. The number of hydrogen-bond donors (Lipinski definition) is 9. The Hall–Kier alpha value is -1.79. The fourth-order valence-electron chi connectivity index (χ4n) is 10.1. The Balaban J connectivity index is 1.67. The van der Waals surface area contributed by atoms with Gasteiger partial charge in [-0.15, -0.1) is 0 Å². The van der Waals surface area contributed by atoms with Crippen LogP contribution in [0.1, 0.15) is 251 Å². The number of rotatable bonds is 49. The summed E-state index contributed by atoms with van der Waals surface area (Å²) in [6.07, 6.45) is 40.7. The number of ether oxygens (including phenoxy) is 4. The molecule has 440 valence electrons. The van der Waals surface area contributed by atoms with E-state index in [1.807, 2.05) is 6.08 Å². The molecule has 14 heteroatoms. The number of nitrogens with one attached hydrogen (secondary N) is 1. The van der Waals surface area contributed by atoms with Crippen molar-refractivity contribution in [1.29, 1.82) is 0 Å². The van der Waals surface area contributed by atoms with Crippen LogP contribution in [0.15, 0.2) is 36.5 Å². The summed E-state index contributed by atoms with van der Waals surface area (Å²) in [5, 5.41) is 86.9. The first kappa shape index (κ1) is 69.3. The van der Waals surface area contributed by atoms with Crippen molar-refractivity contribution in [3.63, 3.8) is 0 Å². The number of amides is 1. The van der Waals surface area contributed by atoms with E-state index in [4.69, 9.17) is 18.9 Å². The van der Waals surface area contributed by atoms with Crippen LogP contribution in [0.5, 0.6) is 0 Å². The predicted octanol–water partition coefficient (Wildman–Crippen LogP) is 10.6. The van der Waals surface area contributed by atoms with Gasteiger partial charge in [0.25, 0.3) is 0 Å². The van der Waals surface area contributed by atoms with Gasteiger partial charge in [0.15, 0.2) is 12.6 Å². The third-order valence-corrected chi connectivity index (χ3v) is 15.0. The summed E-state index contributed by atoms with van der Waals surface area (Å²) in [6, 6.07) is -0.928. The lowest BCUT2D eigenvalue weighted by molar-refractivity contribution is -0.359. The average Bonchev–Trinajstić information content (AvgIpc) is 3.41. The zero-order valence-electron chi connectivity index (χ0n) is 47.3. The van der Waals surface area contributed by atoms with Gasteiger partial charge in [-0.1, -0.05) is 224 Å². The molecule has 1 amide bonds. The van der Waals surface area contributed by atoms with Gasteiger partial charge < -0.3 is 65.1 Å². The molecule has 2 fully saturated rings. The Bertz CT molecular complexity index is 1400. The molecule has 0 saturated carbocycles. The van der Waals surface area contributed by atoms with Crippen molar-refractivity contribution in [1.82, 2.24) is 5.32 Å². The van der Waals surface area contributed by atoms with Crippen LogP contribution < -0.4 is 5.32 Å². The van der Waals surface area contributed by atoms with Crippen LogP contribution in [-0.2, 0) is 23.7 Å². The van der Waals surface area contributed by atoms with E-state index in [1.165, 1.54) is 186 Å². The normalized spacial score (nSPS) is 25.3. The smallest absolute Gasteiger partial charge is 0.220 e. The molecule has 0 radical (unpaired) electrons. The monoisotopic (exact) mass is 1070 g/mol. The molecule has 0 aromatic rings. The quantitative estimate of drug-likeness (QED) is 0.0204. The van der Waals surface area contributed by atoms with Gasteiger partial charge in [0.05, 0.1) is 32.0 Å². The van der Waals surface area contributed by atoms with E-state index >= 15 is 0 Å². The maximum absolute atomic E-state index is 13.2. The fraction of sp³-hybridized carbons (Fsp3) is 0.885. The average molecular weight is 1070 g/mol. The van der Waals surface area contributed by atoms with E-state index in [-0.39, 0.29) is 18.9 Å². The highest BCUT2D eigenvalue weighted by molar-refractivity contribution is 5.76. The Labute approximate surface area is 455 Å². The van der Waals surface area contributed by atoms with Gasteiger partial charge in [-0.05, 0) is 57.8 Å². The molecular weight excluding hydrogens is 955 g/mol. The molecule has 2 rings (SSSR count). The molecule has 0 aliphatic carbocycles. The highest BCUT2D eigenvalue weighted by atomic mass is 16.7. The molecule has 2 heterocycles. The fourth-order valence-corrected chi connectivity index (χ4v) is 10.1. The summed E-state index contributed by atoms with van der Waals surface area (Å²) in [7, 11) is 0. The first-order chi connectivity index (χ1) is 36.6. The lowest BCUT2D eigenvalue weighted by Gasteiger charge is -2.46. The minimum Gasteiger partial charge on any atom is -0.394 e. The first-order valence-corrected chi connectivity index (χ1v) is 30.7. The summed E-state index contributed by atoms with van der Waals surface area (Å²) in [4.78, 5) is 13.2. The number of aliphatic hydroxyl groups is 8. The minimum atomic E-state index is -1.79. The van der Waals surface area contributed by atoms with Gasteiger partial charge in [0, 0.05) is 6.42 Å². The summed E-state index contributed by atoms with van der Waals surface area (Å²) >= 11 is 0. The Morgan fingerprint density at radius 1 is 0.467 bits per heavy atom. The minimum absolute atomic E-state index is 0.247. The molecule has 2 aliphatic rings. The zero-order valence-corrected chi connectivity index (χ0v) is 47.3. The molecule has 0 bridgehead atoms. The maximum Gasteiger partial charge on any atom is 0.220 e. The summed E-state index contributed by atoms with van der Waals surface area (Å²) < 4.78 is 22.7. The molecule has 2 saturated heterocycles. The topological polar surface area (TPSA) is 228 Å². The molecule has 0 aromatic heterocycles. The van der Waals surface area contributed by atoms with E-state index < -0.39 is 86.8 Å². The highest BCUT2D eigenvalue weighted by Crippen LogP contribution is 2.30. The van der Waals surface area contributed by atoms with Gasteiger partial charge in [-0.2, -0.15) is 0 Å². The van der Waals surface area contributed by atoms with Gasteiger partial charge >= 0.3 is 0 Å². The standard InChI is InChI=1S/C61H113NO13/c1-3-5-7-9-11-13-15-17-18-19-20-21-22-23-24-25-26-27-28-29-30-31-32-33-35-37-39-41-43-45-53(66)62-49(50(65)44-42-40-38-36-34-16-14-12-10-8-6-4-2)48-72-60-58(71)56(69)59(52(47-64)74-60)75-61-57(70)55(68)54(67)51(46-63)73-61/h19-20,34,36,42,44,49-52,54-61,63-65,67-71H,3-18,21-33,35,37-41,43,45-48H2,1-2H3,(H,62,66)/b20-19-,36-34+,44-42+. The Morgan fingerprint density at radius 3 is 1.31 bits per heavy atom. The van der Waals surface area contributed by atoms with Crippen molar-refractivity contribution in [2.45, 2.75) is 325 Å². The van der Waals surface area contributed by atoms with Crippen molar-refractivity contribution in [3.05, 3.63) is 36.5 Å². The third kappa shape index (κ3) is 32.8. The Kier molecular flexibility index (Phi) is 43.5. The second-order valence-corrected chi connectivity index (χ2v) is 21.8. The van der Waals surface area contributed by atoms with Crippen LogP contribution in [0.3, 0.4) is 0 Å². The van der Waals surface area contributed by atoms with Crippen molar-refractivity contribution < 1.29 is 64.6 Å². The summed E-state index contributed by atoms with van der Waals surface area (Å²) in [6.45, 7) is 2.77. The highest BCUT2D eigenvalue weighted by Gasteiger charge is 2.51. The molecule has 12 atom stereocenters. The molecule has 9 N–H and O–H groups in total. The van der Waals surface area contributed by atoms with Gasteiger partial charge in [0.2, 0.25) is 5.91 Å². The second kappa shape index (κ2) is 47.1. The molecular formula is C61H113NO13. The molecule has 14 nitrogen and oxygen atoms in total. The Morgan fingerprint density at radius 2 is 0.853 bits per heavy atom. The molecule has 0 spiro atoms. The van der Waals surface area contributed by atoms with Gasteiger partial charge in [-0.3, -0.25) is 4.79 Å². The van der Waals surface area contributed by atoms with Gasteiger partial charge in [-0.25, -0.2) is 0 Å². The lowest BCUT2D eigenvalue weighted by Crippen LogP contribution is -2.65. The maximum atomic E-state index is 13.2. The number of hydrogen-bond acceptors (Lipinski definition) is 13. The van der Waals surface area contributed by atoms with E-state index in [1.54, 1.807) is 6.08 Å². The van der Waals surface area contributed by atoms with E-state index in [0.29, 0.717) is 12.8 Å².